The van der Waals surface area contributed by atoms with Gasteiger partial charge in [-0.05, 0) is 25.2 Å². The number of hydrogen-bond donors (Lipinski definition) is 1. The summed E-state index contributed by atoms with van der Waals surface area (Å²) in [5, 5.41) is 0.618. The van der Waals surface area contributed by atoms with Gasteiger partial charge in [-0.1, -0.05) is 11.6 Å². The van der Waals surface area contributed by atoms with Crippen molar-refractivity contribution in [3.63, 3.8) is 0 Å². The molecule has 1 aliphatic rings. The van der Waals surface area contributed by atoms with Gasteiger partial charge in [-0.2, -0.15) is 0 Å². The molecule has 1 aromatic rings. The predicted molar refractivity (Wildman–Crippen MR) is 83.0 cm³/mol. The molecule has 1 atom stereocenters. The van der Waals surface area contributed by atoms with Gasteiger partial charge >= 0.3 is 0 Å². The maximum absolute atomic E-state index is 10.9. The lowest BCUT2D eigenvalue weighted by Gasteiger charge is -2.27. The van der Waals surface area contributed by atoms with Crippen LogP contribution in [0.4, 0.5) is 0 Å². The van der Waals surface area contributed by atoms with Crippen LogP contribution >= 0.6 is 11.6 Å². The van der Waals surface area contributed by atoms with E-state index in [0.717, 1.165) is 12.1 Å². The molecule has 1 amide bonds. The third-order valence-electron chi connectivity index (χ3n) is 3.23. The number of halogens is 1. The molecule has 1 aromatic carbocycles. The Bertz CT molecular complexity index is 506. The molecule has 7 heteroatoms. The first-order chi connectivity index (χ1) is 10.5. The molecule has 122 valence electrons. The zero-order chi connectivity index (χ0) is 15.9. The van der Waals surface area contributed by atoms with Gasteiger partial charge in [0.15, 0.2) is 6.61 Å². The molecule has 0 aromatic heterocycles. The lowest BCUT2D eigenvalue weighted by Crippen LogP contribution is -2.38. The van der Waals surface area contributed by atoms with Crippen LogP contribution < -0.4 is 10.5 Å². The lowest BCUT2D eigenvalue weighted by atomic mass is 10.2. The molecular formula is C15H21ClN2O4. The molecular weight excluding hydrogens is 308 g/mol. The van der Waals surface area contributed by atoms with E-state index in [1.807, 2.05) is 13.1 Å². The molecule has 2 rings (SSSR count). The van der Waals surface area contributed by atoms with Gasteiger partial charge in [-0.25, -0.2) is 0 Å². The minimum Gasteiger partial charge on any atom is -0.483 e. The number of carbonyl (C=O) groups is 1. The first kappa shape index (κ1) is 17.0. The molecule has 1 unspecified atom stereocenters. The molecule has 6 nitrogen and oxygen atoms in total. The van der Waals surface area contributed by atoms with E-state index in [2.05, 4.69) is 4.90 Å². The predicted octanol–water partition coefficient (Wildman–Crippen LogP) is 1.05. The highest BCUT2D eigenvalue weighted by atomic mass is 35.5. The summed E-state index contributed by atoms with van der Waals surface area (Å²) in [6, 6.07) is 5.29. The average molecular weight is 329 g/mol. The van der Waals surface area contributed by atoms with Crippen LogP contribution in [0.15, 0.2) is 18.2 Å². The van der Waals surface area contributed by atoms with E-state index >= 15 is 0 Å². The summed E-state index contributed by atoms with van der Waals surface area (Å²) >= 11 is 6.04. The van der Waals surface area contributed by atoms with Crippen molar-refractivity contribution in [3.8, 4) is 5.75 Å². The van der Waals surface area contributed by atoms with E-state index in [-0.39, 0.29) is 12.7 Å². The normalized spacial score (nSPS) is 18.4. The molecule has 1 aliphatic heterocycles. The topological polar surface area (TPSA) is 74.0 Å². The highest BCUT2D eigenvalue weighted by molar-refractivity contribution is 6.30. The quantitative estimate of drug-likeness (QED) is 0.810. The van der Waals surface area contributed by atoms with Crippen molar-refractivity contribution >= 4 is 17.5 Å². The fourth-order valence-electron chi connectivity index (χ4n) is 2.31. The molecule has 0 spiro atoms. The zero-order valence-corrected chi connectivity index (χ0v) is 13.3. The van der Waals surface area contributed by atoms with E-state index < -0.39 is 5.91 Å². The fraction of sp³-hybridized carbons (Fsp3) is 0.533. The maximum atomic E-state index is 10.9. The van der Waals surface area contributed by atoms with Crippen molar-refractivity contribution in [3.05, 3.63) is 28.8 Å². The summed E-state index contributed by atoms with van der Waals surface area (Å²) in [5.41, 5.74) is 6.01. The van der Waals surface area contributed by atoms with Gasteiger partial charge in [0, 0.05) is 23.7 Å². The van der Waals surface area contributed by atoms with E-state index in [1.54, 1.807) is 12.1 Å². The van der Waals surface area contributed by atoms with Gasteiger partial charge < -0.3 is 19.9 Å². The van der Waals surface area contributed by atoms with Crippen LogP contribution in [0.2, 0.25) is 5.02 Å². The average Bonchev–Trinajstić information content (AvgIpc) is 2.47. The van der Waals surface area contributed by atoms with Crippen LogP contribution in [0.3, 0.4) is 0 Å². The van der Waals surface area contributed by atoms with Crippen molar-refractivity contribution in [2.75, 3.05) is 40.0 Å². The monoisotopic (exact) mass is 328 g/mol. The molecule has 0 bridgehead atoms. The standard InChI is InChI=1S/C15H21ClN2O4/c1-18(8-13-9-20-4-5-21-13)7-11-6-12(16)2-3-14(11)22-10-15(17)19/h2-3,6,13H,4-5,7-10H2,1H3,(H2,17,19). The Balaban J connectivity index is 1.96. The van der Waals surface area contributed by atoms with Gasteiger partial charge in [0.2, 0.25) is 0 Å². The van der Waals surface area contributed by atoms with E-state index in [1.165, 1.54) is 0 Å². The summed E-state index contributed by atoms with van der Waals surface area (Å²) in [6.07, 6.45) is 0.0629. The van der Waals surface area contributed by atoms with Gasteiger partial charge in [0.25, 0.3) is 5.91 Å². The molecule has 2 N–H and O–H groups in total. The van der Waals surface area contributed by atoms with E-state index in [4.69, 9.17) is 31.5 Å². The Hall–Kier alpha value is -1.34. The Morgan fingerprint density at radius 2 is 2.32 bits per heavy atom. The molecule has 1 saturated heterocycles. The van der Waals surface area contributed by atoms with Crippen molar-refractivity contribution in [2.45, 2.75) is 12.6 Å². The third kappa shape index (κ3) is 5.46. The summed E-state index contributed by atoms with van der Waals surface area (Å²) in [4.78, 5) is 13.0. The highest BCUT2D eigenvalue weighted by Gasteiger charge is 2.17. The lowest BCUT2D eigenvalue weighted by molar-refractivity contribution is -0.119. The van der Waals surface area contributed by atoms with Gasteiger partial charge in [0.05, 0.1) is 25.9 Å². The second kappa shape index (κ2) is 8.33. The van der Waals surface area contributed by atoms with Crippen LogP contribution in [-0.4, -0.2) is 56.9 Å². The van der Waals surface area contributed by atoms with Gasteiger partial charge in [-0.15, -0.1) is 0 Å². The smallest absolute Gasteiger partial charge is 0.255 e. The number of carbonyl (C=O) groups excluding carboxylic acids is 1. The summed E-state index contributed by atoms with van der Waals surface area (Å²) in [6.45, 7) is 3.08. The van der Waals surface area contributed by atoms with Crippen molar-refractivity contribution < 1.29 is 19.0 Å². The number of nitrogens with two attached hydrogens (primary N) is 1. The highest BCUT2D eigenvalue weighted by Crippen LogP contribution is 2.24. The van der Waals surface area contributed by atoms with Crippen molar-refractivity contribution in [1.82, 2.24) is 4.90 Å². The zero-order valence-electron chi connectivity index (χ0n) is 12.6. The number of rotatable bonds is 7. The second-order valence-corrected chi connectivity index (χ2v) is 5.71. The molecule has 0 saturated carbocycles. The van der Waals surface area contributed by atoms with Crippen LogP contribution in [0, 0.1) is 0 Å². The minimum absolute atomic E-state index is 0.0629. The molecule has 0 aliphatic carbocycles. The SMILES string of the molecule is CN(Cc1cc(Cl)ccc1OCC(N)=O)CC1COCCO1. The van der Waals surface area contributed by atoms with E-state index in [0.29, 0.717) is 37.1 Å². The summed E-state index contributed by atoms with van der Waals surface area (Å²) in [5.74, 6) is 0.0953. The first-order valence-electron chi connectivity index (χ1n) is 7.12. The maximum Gasteiger partial charge on any atom is 0.255 e. The Kier molecular flexibility index (Phi) is 6.45. The molecule has 1 heterocycles. The first-order valence-corrected chi connectivity index (χ1v) is 7.50. The van der Waals surface area contributed by atoms with Gasteiger partial charge in [-0.3, -0.25) is 9.69 Å². The van der Waals surface area contributed by atoms with E-state index in [9.17, 15) is 4.79 Å². The number of amides is 1. The van der Waals surface area contributed by atoms with Crippen LogP contribution in [0.1, 0.15) is 5.56 Å². The summed E-state index contributed by atoms with van der Waals surface area (Å²) in [7, 11) is 1.98. The number of nitrogens with zero attached hydrogens (tertiary/aromatic N) is 1. The van der Waals surface area contributed by atoms with Crippen molar-refractivity contribution in [1.29, 1.82) is 0 Å². The second-order valence-electron chi connectivity index (χ2n) is 5.27. The number of benzene rings is 1. The fourth-order valence-corrected chi connectivity index (χ4v) is 2.50. The van der Waals surface area contributed by atoms with Crippen LogP contribution in [0.5, 0.6) is 5.75 Å². The Morgan fingerprint density at radius 3 is 3.00 bits per heavy atom. The number of primary amides is 1. The Labute approximate surface area is 135 Å². The minimum atomic E-state index is -0.512. The molecule has 0 radical (unpaired) electrons. The number of ether oxygens (including phenoxy) is 3. The third-order valence-corrected chi connectivity index (χ3v) is 3.47. The van der Waals surface area contributed by atoms with Crippen LogP contribution in [0.25, 0.3) is 0 Å². The van der Waals surface area contributed by atoms with Crippen molar-refractivity contribution in [2.24, 2.45) is 5.73 Å². The largest absolute Gasteiger partial charge is 0.483 e. The van der Waals surface area contributed by atoms with Gasteiger partial charge in [0.1, 0.15) is 5.75 Å². The Morgan fingerprint density at radius 1 is 1.50 bits per heavy atom. The number of likely N-dealkylation sites (N-methyl/N-ethyl adjacent to an activating group) is 1. The molecule has 22 heavy (non-hydrogen) atoms. The number of hydrogen-bond acceptors (Lipinski definition) is 5. The van der Waals surface area contributed by atoms with Crippen LogP contribution in [-0.2, 0) is 20.8 Å². The molecule has 1 fully saturated rings. The summed E-state index contributed by atoms with van der Waals surface area (Å²) < 4.78 is 16.5.